The van der Waals surface area contributed by atoms with Crippen LogP contribution in [-0.4, -0.2) is 35.1 Å². The van der Waals surface area contributed by atoms with Gasteiger partial charge < -0.3 is 5.32 Å². The topological polar surface area (TPSA) is 28.2 Å². The predicted octanol–water partition coefficient (Wildman–Crippen LogP) is 2.14. The van der Waals surface area contributed by atoms with Gasteiger partial charge >= 0.3 is 0 Å². The van der Waals surface area contributed by atoms with Gasteiger partial charge in [0.1, 0.15) is 0 Å². The number of pyridine rings is 1. The number of nitrogens with zero attached hydrogens (tertiary/aromatic N) is 2. The van der Waals surface area contributed by atoms with E-state index in [-0.39, 0.29) is 12.4 Å². The number of aromatic nitrogens is 1. The second-order valence-corrected chi connectivity index (χ2v) is 5.35. The minimum absolute atomic E-state index is 0. The van der Waals surface area contributed by atoms with Gasteiger partial charge in [-0.3, -0.25) is 9.88 Å². The molecule has 0 saturated carbocycles. The molecule has 0 radical (unpaired) electrons. The summed E-state index contributed by atoms with van der Waals surface area (Å²) in [6.07, 6.45) is 7.96. The summed E-state index contributed by atoms with van der Waals surface area (Å²) in [4.78, 5) is 6.96. The number of hydrogen-bond acceptors (Lipinski definition) is 3. The Hall–Kier alpha value is -0.640. The average molecular weight is 268 g/mol. The smallest absolute Gasteiger partial charge is 0.0315 e. The molecule has 4 heteroatoms. The Bertz CT molecular complexity index is 382. The van der Waals surface area contributed by atoms with Crippen LogP contribution in [0.4, 0.5) is 0 Å². The molecular weight excluding hydrogens is 246 g/mol. The molecule has 18 heavy (non-hydrogen) atoms. The van der Waals surface area contributed by atoms with Gasteiger partial charge in [-0.05, 0) is 49.9 Å². The highest BCUT2D eigenvalue weighted by Gasteiger charge is 2.34. The van der Waals surface area contributed by atoms with E-state index in [1.807, 2.05) is 12.4 Å². The highest BCUT2D eigenvalue weighted by Crippen LogP contribution is 2.29. The Morgan fingerprint density at radius 2 is 2.17 bits per heavy atom. The molecule has 3 rings (SSSR count). The zero-order valence-corrected chi connectivity index (χ0v) is 11.7. The first-order valence-corrected chi connectivity index (χ1v) is 6.70. The summed E-state index contributed by atoms with van der Waals surface area (Å²) in [6.45, 7) is 5.62. The van der Waals surface area contributed by atoms with Gasteiger partial charge in [-0.1, -0.05) is 0 Å². The van der Waals surface area contributed by atoms with Gasteiger partial charge in [0, 0.05) is 37.6 Å². The maximum Gasteiger partial charge on any atom is 0.0315 e. The molecule has 3 heterocycles. The third-order valence-electron chi connectivity index (χ3n) is 4.31. The van der Waals surface area contributed by atoms with Gasteiger partial charge in [0.25, 0.3) is 0 Å². The van der Waals surface area contributed by atoms with Crippen molar-refractivity contribution in [2.75, 3.05) is 13.1 Å². The number of rotatable bonds is 2. The van der Waals surface area contributed by atoms with Crippen molar-refractivity contribution >= 4 is 12.4 Å². The molecule has 0 aliphatic carbocycles. The van der Waals surface area contributed by atoms with Crippen molar-refractivity contribution in [1.82, 2.24) is 15.2 Å². The van der Waals surface area contributed by atoms with Crippen LogP contribution in [0.15, 0.2) is 18.5 Å². The Balaban J connectivity index is 0.00000120. The van der Waals surface area contributed by atoms with Crippen molar-refractivity contribution in [3.63, 3.8) is 0 Å². The lowest BCUT2D eigenvalue weighted by Gasteiger charge is -2.28. The molecule has 2 atom stereocenters. The third kappa shape index (κ3) is 2.68. The van der Waals surface area contributed by atoms with Crippen molar-refractivity contribution in [3.05, 3.63) is 29.6 Å². The quantitative estimate of drug-likeness (QED) is 0.890. The first-order valence-electron chi connectivity index (χ1n) is 6.70. The normalized spacial score (nSPS) is 27.6. The number of hydrogen-bond donors (Lipinski definition) is 1. The molecule has 2 fully saturated rings. The van der Waals surface area contributed by atoms with Gasteiger partial charge in [0.2, 0.25) is 0 Å². The lowest BCUT2D eigenvalue weighted by Crippen LogP contribution is -2.37. The summed E-state index contributed by atoms with van der Waals surface area (Å²) in [5, 5.41) is 3.55. The van der Waals surface area contributed by atoms with Crippen molar-refractivity contribution in [3.8, 4) is 0 Å². The minimum atomic E-state index is 0. The first kappa shape index (κ1) is 13.8. The maximum atomic E-state index is 4.26. The van der Waals surface area contributed by atoms with E-state index in [1.165, 1.54) is 36.9 Å². The van der Waals surface area contributed by atoms with E-state index in [0.29, 0.717) is 0 Å². The van der Waals surface area contributed by atoms with Crippen LogP contribution >= 0.6 is 12.4 Å². The summed E-state index contributed by atoms with van der Waals surface area (Å²) in [5.74, 6) is 0. The molecule has 2 unspecified atom stereocenters. The molecule has 1 N–H and O–H groups in total. The molecule has 3 nitrogen and oxygen atoms in total. The molecule has 100 valence electrons. The zero-order valence-electron chi connectivity index (χ0n) is 10.9. The van der Waals surface area contributed by atoms with Gasteiger partial charge in [-0.25, -0.2) is 0 Å². The molecule has 1 aromatic heterocycles. The molecule has 2 aliphatic rings. The highest BCUT2D eigenvalue weighted by molar-refractivity contribution is 5.85. The van der Waals surface area contributed by atoms with E-state index in [4.69, 9.17) is 0 Å². The Labute approximate surface area is 115 Å². The molecular formula is C14H22ClN3. The lowest BCUT2D eigenvalue weighted by atomic mass is 10.1. The fourth-order valence-electron chi connectivity index (χ4n) is 3.20. The molecule has 0 aromatic carbocycles. The monoisotopic (exact) mass is 267 g/mol. The fourth-order valence-corrected chi connectivity index (χ4v) is 3.20. The average Bonchev–Trinajstić information content (AvgIpc) is 2.56. The van der Waals surface area contributed by atoms with Crippen LogP contribution in [-0.2, 0) is 6.54 Å². The van der Waals surface area contributed by atoms with E-state index < -0.39 is 0 Å². The second-order valence-electron chi connectivity index (χ2n) is 5.35. The van der Waals surface area contributed by atoms with Crippen LogP contribution < -0.4 is 5.32 Å². The largest absolute Gasteiger partial charge is 0.315 e. The fraction of sp³-hybridized carbons (Fsp3) is 0.643. The van der Waals surface area contributed by atoms with Crippen molar-refractivity contribution in [2.24, 2.45) is 0 Å². The Morgan fingerprint density at radius 1 is 1.33 bits per heavy atom. The summed E-state index contributed by atoms with van der Waals surface area (Å²) in [7, 11) is 0. The SMILES string of the molecule is Cc1ccncc1CN1C2CCNCC1CC2.Cl. The number of aryl methyl sites for hydroxylation is 1. The first-order chi connectivity index (χ1) is 8.34. The minimum Gasteiger partial charge on any atom is -0.315 e. The summed E-state index contributed by atoms with van der Waals surface area (Å²) >= 11 is 0. The van der Waals surface area contributed by atoms with Gasteiger partial charge in [-0.2, -0.15) is 0 Å². The highest BCUT2D eigenvalue weighted by atomic mass is 35.5. The summed E-state index contributed by atoms with van der Waals surface area (Å²) in [5.41, 5.74) is 2.77. The molecule has 1 aromatic rings. The van der Waals surface area contributed by atoms with Crippen LogP contribution in [0.3, 0.4) is 0 Å². The standard InChI is InChI=1S/C14H21N3.ClH/c1-11-4-6-15-8-12(11)10-17-13-2-3-14(17)9-16-7-5-13;/h4,6,8,13-14,16H,2-3,5,7,9-10H2,1H3;1H. The van der Waals surface area contributed by atoms with Crippen LogP contribution in [0.2, 0.25) is 0 Å². The molecule has 2 aliphatic heterocycles. The van der Waals surface area contributed by atoms with Gasteiger partial charge in [0.05, 0.1) is 0 Å². The number of nitrogens with one attached hydrogen (secondary N) is 1. The third-order valence-corrected chi connectivity index (χ3v) is 4.31. The van der Waals surface area contributed by atoms with E-state index in [2.05, 4.69) is 28.2 Å². The number of halogens is 1. The summed E-state index contributed by atoms with van der Waals surface area (Å²) in [6, 6.07) is 3.64. The Morgan fingerprint density at radius 3 is 3.00 bits per heavy atom. The van der Waals surface area contributed by atoms with Crippen LogP contribution in [0.1, 0.15) is 30.4 Å². The van der Waals surface area contributed by atoms with E-state index >= 15 is 0 Å². The Kier molecular flexibility index (Phi) is 4.60. The predicted molar refractivity (Wildman–Crippen MR) is 76.1 cm³/mol. The van der Waals surface area contributed by atoms with Gasteiger partial charge in [0.15, 0.2) is 0 Å². The number of fused-ring (bicyclic) bond motifs is 2. The van der Waals surface area contributed by atoms with Crippen molar-refractivity contribution < 1.29 is 0 Å². The lowest BCUT2D eigenvalue weighted by molar-refractivity contribution is 0.193. The second kappa shape index (κ2) is 6.00. The van der Waals surface area contributed by atoms with Crippen molar-refractivity contribution in [2.45, 2.75) is 44.8 Å². The zero-order chi connectivity index (χ0) is 11.7. The molecule has 2 saturated heterocycles. The van der Waals surface area contributed by atoms with E-state index in [9.17, 15) is 0 Å². The van der Waals surface area contributed by atoms with Crippen LogP contribution in [0.5, 0.6) is 0 Å². The molecule has 0 amide bonds. The summed E-state index contributed by atoms with van der Waals surface area (Å²) < 4.78 is 0. The molecule has 0 spiro atoms. The van der Waals surface area contributed by atoms with Crippen LogP contribution in [0.25, 0.3) is 0 Å². The van der Waals surface area contributed by atoms with E-state index in [0.717, 1.165) is 25.2 Å². The maximum absolute atomic E-state index is 4.26. The van der Waals surface area contributed by atoms with Gasteiger partial charge in [-0.15, -0.1) is 12.4 Å². The van der Waals surface area contributed by atoms with Crippen molar-refractivity contribution in [1.29, 1.82) is 0 Å². The van der Waals surface area contributed by atoms with Crippen LogP contribution in [0, 0.1) is 6.92 Å². The van der Waals surface area contributed by atoms with E-state index in [1.54, 1.807) is 0 Å². The molecule has 2 bridgehead atoms.